The first-order chi connectivity index (χ1) is 14.7. The van der Waals surface area contributed by atoms with Crippen LogP contribution < -0.4 is 11.1 Å². The minimum Gasteiger partial charge on any atom is -0.408 e. The monoisotopic (exact) mass is 396 g/mol. The Kier molecular flexibility index (Phi) is 4.25. The van der Waals surface area contributed by atoms with Crippen LogP contribution in [-0.4, -0.2) is 20.7 Å². The average Bonchev–Trinajstić information content (AvgIpc) is 3.38. The van der Waals surface area contributed by atoms with Gasteiger partial charge in [0.15, 0.2) is 5.58 Å². The fourth-order valence-electron chi connectivity index (χ4n) is 3.29. The molecule has 0 aliphatic carbocycles. The molecule has 5 aromatic rings. The Morgan fingerprint density at radius 3 is 2.47 bits per heavy atom. The second-order valence-electron chi connectivity index (χ2n) is 6.72. The van der Waals surface area contributed by atoms with Gasteiger partial charge in [-0.3, -0.25) is 9.78 Å². The Morgan fingerprint density at radius 2 is 1.70 bits per heavy atom. The van der Waals surface area contributed by atoms with Gasteiger partial charge in [-0.15, -0.1) is 0 Å². The van der Waals surface area contributed by atoms with E-state index in [0.717, 1.165) is 11.3 Å². The third-order valence-corrected chi connectivity index (χ3v) is 4.70. The molecular formula is C23H16N4O3. The molecule has 2 heterocycles. The first-order valence-electron chi connectivity index (χ1n) is 9.32. The SMILES string of the molecule is O=C(Nc1ccc2oc(=O)[nH]c2c1)c1cn(-c2ccccc2)nc1-c1ccccc1. The van der Waals surface area contributed by atoms with E-state index in [2.05, 4.69) is 15.4 Å². The van der Waals surface area contributed by atoms with E-state index in [9.17, 15) is 9.59 Å². The smallest absolute Gasteiger partial charge is 0.408 e. The molecule has 30 heavy (non-hydrogen) atoms. The number of aromatic nitrogens is 3. The predicted octanol–water partition coefficient (Wildman–Crippen LogP) is 4.23. The van der Waals surface area contributed by atoms with E-state index in [1.807, 2.05) is 60.7 Å². The minimum absolute atomic E-state index is 0.304. The molecule has 7 nitrogen and oxygen atoms in total. The Labute approximate surface area is 170 Å². The van der Waals surface area contributed by atoms with Crippen LogP contribution in [0, 0.1) is 0 Å². The number of rotatable bonds is 4. The number of nitrogens with zero attached hydrogens (tertiary/aromatic N) is 2. The lowest BCUT2D eigenvalue weighted by atomic mass is 10.1. The molecule has 0 spiro atoms. The predicted molar refractivity (Wildman–Crippen MR) is 114 cm³/mol. The number of oxazole rings is 1. The number of aromatic amines is 1. The van der Waals surface area contributed by atoms with Crippen molar-refractivity contribution in [2.45, 2.75) is 0 Å². The van der Waals surface area contributed by atoms with E-state index in [-0.39, 0.29) is 5.91 Å². The van der Waals surface area contributed by atoms with Crippen LogP contribution in [0.4, 0.5) is 5.69 Å². The van der Waals surface area contributed by atoms with E-state index < -0.39 is 5.76 Å². The maximum absolute atomic E-state index is 13.1. The molecule has 2 aromatic heterocycles. The largest absolute Gasteiger partial charge is 0.417 e. The van der Waals surface area contributed by atoms with Gasteiger partial charge in [-0.2, -0.15) is 5.10 Å². The molecule has 0 saturated heterocycles. The summed E-state index contributed by atoms with van der Waals surface area (Å²) >= 11 is 0. The van der Waals surface area contributed by atoms with Crippen LogP contribution in [0.15, 0.2) is 94.3 Å². The van der Waals surface area contributed by atoms with Crippen LogP contribution in [0.3, 0.4) is 0 Å². The fraction of sp³-hybridized carbons (Fsp3) is 0. The number of nitrogens with one attached hydrogen (secondary N) is 2. The Hall–Kier alpha value is -4.39. The van der Waals surface area contributed by atoms with Gasteiger partial charge in [0.2, 0.25) is 0 Å². The van der Waals surface area contributed by atoms with Crippen molar-refractivity contribution in [2.24, 2.45) is 0 Å². The average molecular weight is 396 g/mol. The summed E-state index contributed by atoms with van der Waals surface area (Å²) in [5, 5.41) is 7.54. The lowest BCUT2D eigenvalue weighted by Gasteiger charge is -2.05. The van der Waals surface area contributed by atoms with Crippen LogP contribution in [0.5, 0.6) is 0 Å². The Bertz CT molecular complexity index is 1400. The maximum Gasteiger partial charge on any atom is 0.417 e. The van der Waals surface area contributed by atoms with Crippen LogP contribution in [0.2, 0.25) is 0 Å². The van der Waals surface area contributed by atoms with Crippen LogP contribution in [-0.2, 0) is 0 Å². The van der Waals surface area contributed by atoms with Gasteiger partial charge in [-0.1, -0.05) is 48.5 Å². The molecule has 0 fully saturated rings. The van der Waals surface area contributed by atoms with Crippen molar-refractivity contribution in [3.63, 3.8) is 0 Å². The highest BCUT2D eigenvalue weighted by Gasteiger charge is 2.19. The molecule has 5 rings (SSSR count). The van der Waals surface area contributed by atoms with Crippen LogP contribution in [0.25, 0.3) is 28.0 Å². The van der Waals surface area contributed by atoms with Gasteiger partial charge in [-0.25, -0.2) is 9.48 Å². The lowest BCUT2D eigenvalue weighted by molar-refractivity contribution is 0.102. The van der Waals surface area contributed by atoms with Crippen molar-refractivity contribution in [3.8, 4) is 16.9 Å². The summed E-state index contributed by atoms with van der Waals surface area (Å²) in [7, 11) is 0. The normalized spacial score (nSPS) is 10.9. The summed E-state index contributed by atoms with van der Waals surface area (Å²) < 4.78 is 6.69. The van der Waals surface area contributed by atoms with Gasteiger partial charge in [0.25, 0.3) is 5.91 Å². The van der Waals surface area contributed by atoms with Gasteiger partial charge in [0, 0.05) is 17.4 Å². The van der Waals surface area contributed by atoms with Crippen molar-refractivity contribution in [1.82, 2.24) is 14.8 Å². The lowest BCUT2D eigenvalue weighted by Crippen LogP contribution is -2.12. The van der Waals surface area contributed by atoms with Crippen molar-refractivity contribution in [1.29, 1.82) is 0 Å². The highest BCUT2D eigenvalue weighted by Crippen LogP contribution is 2.25. The number of anilines is 1. The molecule has 0 atom stereocenters. The van der Waals surface area contributed by atoms with E-state index in [0.29, 0.717) is 28.0 Å². The summed E-state index contributed by atoms with van der Waals surface area (Å²) in [6.07, 6.45) is 1.71. The number of benzene rings is 3. The number of carbonyl (C=O) groups excluding carboxylic acids is 1. The number of hydrogen-bond acceptors (Lipinski definition) is 4. The van der Waals surface area contributed by atoms with Crippen molar-refractivity contribution < 1.29 is 9.21 Å². The highest BCUT2D eigenvalue weighted by atomic mass is 16.4. The topological polar surface area (TPSA) is 92.9 Å². The summed E-state index contributed by atoms with van der Waals surface area (Å²) in [4.78, 5) is 27.1. The van der Waals surface area contributed by atoms with E-state index in [4.69, 9.17) is 4.42 Å². The van der Waals surface area contributed by atoms with E-state index in [1.165, 1.54) is 0 Å². The second-order valence-corrected chi connectivity index (χ2v) is 6.72. The zero-order valence-electron chi connectivity index (χ0n) is 15.7. The van der Waals surface area contributed by atoms with Gasteiger partial charge >= 0.3 is 5.76 Å². The highest BCUT2D eigenvalue weighted by molar-refractivity contribution is 6.08. The molecule has 3 aromatic carbocycles. The minimum atomic E-state index is -0.538. The summed E-state index contributed by atoms with van der Waals surface area (Å²) in [5.74, 6) is -0.842. The number of hydrogen-bond donors (Lipinski definition) is 2. The summed E-state index contributed by atoms with van der Waals surface area (Å²) in [5.41, 5.74) is 4.19. The third kappa shape index (κ3) is 3.29. The zero-order valence-corrected chi connectivity index (χ0v) is 15.7. The van der Waals surface area contributed by atoms with Crippen molar-refractivity contribution in [3.05, 3.63) is 101 Å². The molecular weight excluding hydrogens is 380 g/mol. The van der Waals surface area contributed by atoms with E-state index in [1.54, 1.807) is 29.1 Å². The van der Waals surface area contributed by atoms with Gasteiger partial charge in [0.1, 0.15) is 5.69 Å². The number of amides is 1. The Morgan fingerprint density at radius 1 is 0.967 bits per heavy atom. The number of para-hydroxylation sites is 1. The molecule has 0 radical (unpaired) electrons. The number of fused-ring (bicyclic) bond motifs is 1. The molecule has 0 bridgehead atoms. The molecule has 7 heteroatoms. The van der Waals surface area contributed by atoms with Crippen LogP contribution >= 0.6 is 0 Å². The molecule has 1 amide bonds. The quantitative estimate of drug-likeness (QED) is 0.476. The van der Waals surface area contributed by atoms with Crippen LogP contribution in [0.1, 0.15) is 10.4 Å². The molecule has 0 aliphatic heterocycles. The first kappa shape index (κ1) is 17.7. The third-order valence-electron chi connectivity index (χ3n) is 4.70. The maximum atomic E-state index is 13.1. The molecule has 0 aliphatic rings. The summed E-state index contributed by atoms with van der Waals surface area (Å²) in [6, 6.07) is 24.1. The van der Waals surface area contributed by atoms with Crippen molar-refractivity contribution in [2.75, 3.05) is 5.32 Å². The Balaban J connectivity index is 1.55. The zero-order chi connectivity index (χ0) is 20.5. The molecule has 0 saturated carbocycles. The van der Waals surface area contributed by atoms with Gasteiger partial charge < -0.3 is 9.73 Å². The van der Waals surface area contributed by atoms with Crippen molar-refractivity contribution >= 4 is 22.7 Å². The van der Waals surface area contributed by atoms with Gasteiger partial charge in [-0.05, 0) is 30.3 Å². The molecule has 2 N–H and O–H groups in total. The second kappa shape index (κ2) is 7.21. The first-order valence-corrected chi connectivity index (χ1v) is 9.32. The summed E-state index contributed by atoms with van der Waals surface area (Å²) in [6.45, 7) is 0. The number of H-pyrrole nitrogens is 1. The molecule has 0 unspecified atom stereocenters. The van der Waals surface area contributed by atoms with Gasteiger partial charge in [0.05, 0.1) is 16.8 Å². The van der Waals surface area contributed by atoms with E-state index >= 15 is 0 Å². The molecule has 146 valence electrons. The standard InChI is InChI=1S/C23H16N4O3/c28-22(24-16-11-12-20-19(13-16)25-23(29)30-20)18-14-27(17-9-5-2-6-10-17)26-21(18)15-7-3-1-4-8-15/h1-14H,(H,24,28)(H,25,29). The number of carbonyl (C=O) groups is 1. The fourth-order valence-corrected chi connectivity index (χ4v) is 3.29.